The van der Waals surface area contributed by atoms with Crippen molar-refractivity contribution in [3.63, 3.8) is 0 Å². The first-order chi connectivity index (χ1) is 11.7. The molecule has 136 valence electrons. The lowest BCUT2D eigenvalue weighted by molar-refractivity contribution is 0.307. The third-order valence-electron chi connectivity index (χ3n) is 4.59. The van der Waals surface area contributed by atoms with Crippen molar-refractivity contribution in [2.45, 2.75) is 37.8 Å². The van der Waals surface area contributed by atoms with Crippen molar-refractivity contribution in [1.29, 1.82) is 0 Å². The Bertz CT molecular complexity index is 962. The molecule has 2 aromatic rings. The molecule has 1 saturated heterocycles. The van der Waals surface area contributed by atoms with E-state index >= 15 is 0 Å². The van der Waals surface area contributed by atoms with Gasteiger partial charge in [0.1, 0.15) is 5.76 Å². The second kappa shape index (κ2) is 6.59. The highest BCUT2D eigenvalue weighted by Crippen LogP contribution is 2.28. The minimum Gasteiger partial charge on any atom is -0.468 e. The van der Waals surface area contributed by atoms with E-state index in [2.05, 4.69) is 0 Å². The van der Waals surface area contributed by atoms with Crippen molar-refractivity contribution >= 4 is 19.9 Å². The van der Waals surface area contributed by atoms with Crippen molar-refractivity contribution in [2.24, 2.45) is 0 Å². The molecule has 6 nitrogen and oxygen atoms in total. The highest BCUT2D eigenvalue weighted by molar-refractivity contribution is 7.92. The maximum absolute atomic E-state index is 13.2. The van der Waals surface area contributed by atoms with Gasteiger partial charge in [0, 0.05) is 6.04 Å². The summed E-state index contributed by atoms with van der Waals surface area (Å²) in [4.78, 5) is 0.173. The van der Waals surface area contributed by atoms with Crippen LogP contribution in [0.2, 0.25) is 0 Å². The molecular formula is C17H21NO5S2. The van der Waals surface area contributed by atoms with Crippen LogP contribution in [0.3, 0.4) is 0 Å². The lowest BCUT2D eigenvalue weighted by Crippen LogP contribution is -2.40. The lowest BCUT2D eigenvalue weighted by Gasteiger charge is -2.26. The van der Waals surface area contributed by atoms with E-state index in [1.807, 2.05) is 13.8 Å². The Balaban J connectivity index is 2.01. The second-order valence-electron chi connectivity index (χ2n) is 6.43. The molecule has 1 fully saturated rings. The fraction of sp³-hybridized carbons (Fsp3) is 0.412. The van der Waals surface area contributed by atoms with E-state index in [-0.39, 0.29) is 22.9 Å². The summed E-state index contributed by atoms with van der Waals surface area (Å²) in [5.41, 5.74) is 1.87. The number of hydrogen-bond donors (Lipinski definition) is 0. The molecule has 1 atom stereocenters. The van der Waals surface area contributed by atoms with Gasteiger partial charge in [-0.15, -0.1) is 0 Å². The van der Waals surface area contributed by atoms with Crippen molar-refractivity contribution in [3.8, 4) is 0 Å². The Morgan fingerprint density at radius 1 is 1.20 bits per heavy atom. The fourth-order valence-corrected chi connectivity index (χ4v) is 6.51. The summed E-state index contributed by atoms with van der Waals surface area (Å²) < 4.78 is 56.7. The summed E-state index contributed by atoms with van der Waals surface area (Å²) >= 11 is 0. The summed E-state index contributed by atoms with van der Waals surface area (Å²) in [5, 5.41) is 0. The molecule has 3 rings (SSSR count). The molecule has 0 unspecified atom stereocenters. The average Bonchev–Trinajstić information content (AvgIpc) is 3.16. The Kier molecular flexibility index (Phi) is 4.78. The quantitative estimate of drug-likeness (QED) is 0.791. The topological polar surface area (TPSA) is 84.7 Å². The van der Waals surface area contributed by atoms with Crippen LogP contribution in [0.1, 0.15) is 23.3 Å². The third-order valence-corrected chi connectivity index (χ3v) is 8.24. The number of furan rings is 1. The molecular weight excluding hydrogens is 362 g/mol. The van der Waals surface area contributed by atoms with Crippen LogP contribution >= 0.6 is 0 Å². The van der Waals surface area contributed by atoms with Crippen LogP contribution in [0.4, 0.5) is 0 Å². The molecule has 2 heterocycles. The zero-order valence-corrected chi connectivity index (χ0v) is 15.8. The number of rotatable bonds is 5. The van der Waals surface area contributed by atoms with E-state index in [4.69, 9.17) is 4.42 Å². The summed E-state index contributed by atoms with van der Waals surface area (Å²) in [7, 11) is -7.05. The van der Waals surface area contributed by atoms with Crippen molar-refractivity contribution in [1.82, 2.24) is 4.31 Å². The molecule has 25 heavy (non-hydrogen) atoms. The molecule has 1 aromatic carbocycles. The number of benzene rings is 1. The molecule has 0 bridgehead atoms. The first-order valence-corrected chi connectivity index (χ1v) is 11.3. The smallest absolute Gasteiger partial charge is 0.243 e. The van der Waals surface area contributed by atoms with Crippen LogP contribution < -0.4 is 0 Å². The van der Waals surface area contributed by atoms with E-state index in [0.29, 0.717) is 12.2 Å². The van der Waals surface area contributed by atoms with Crippen LogP contribution in [0, 0.1) is 13.8 Å². The van der Waals surface area contributed by atoms with E-state index in [1.165, 1.54) is 10.6 Å². The van der Waals surface area contributed by atoms with Gasteiger partial charge in [0.25, 0.3) is 0 Å². The van der Waals surface area contributed by atoms with Crippen molar-refractivity contribution in [2.75, 3.05) is 11.5 Å². The summed E-state index contributed by atoms with van der Waals surface area (Å²) in [6.45, 7) is 3.78. The van der Waals surface area contributed by atoms with Gasteiger partial charge in [-0.05, 0) is 55.7 Å². The molecule has 1 aromatic heterocycles. The number of aryl methyl sites for hydroxylation is 2. The highest BCUT2D eigenvalue weighted by Gasteiger charge is 2.39. The van der Waals surface area contributed by atoms with E-state index in [1.54, 1.807) is 30.3 Å². The van der Waals surface area contributed by atoms with Gasteiger partial charge in [-0.2, -0.15) is 4.31 Å². The molecule has 0 spiro atoms. The van der Waals surface area contributed by atoms with Gasteiger partial charge in [-0.25, -0.2) is 16.8 Å². The van der Waals surface area contributed by atoms with E-state index in [9.17, 15) is 16.8 Å². The summed E-state index contributed by atoms with van der Waals surface area (Å²) in [6.07, 6.45) is 1.77. The highest BCUT2D eigenvalue weighted by atomic mass is 32.2. The zero-order valence-electron chi connectivity index (χ0n) is 14.2. The Hall–Kier alpha value is -1.64. The molecule has 1 aliphatic heterocycles. The molecule has 1 aliphatic rings. The molecule has 0 N–H and O–H groups in total. The molecule has 0 amide bonds. The van der Waals surface area contributed by atoms with Crippen molar-refractivity contribution < 1.29 is 21.3 Å². The summed E-state index contributed by atoms with van der Waals surface area (Å²) in [6, 6.07) is 7.74. The predicted molar refractivity (Wildman–Crippen MR) is 94.4 cm³/mol. The van der Waals surface area contributed by atoms with Gasteiger partial charge in [-0.1, -0.05) is 6.07 Å². The van der Waals surface area contributed by atoms with Crippen LogP contribution in [0.25, 0.3) is 0 Å². The minimum atomic E-state index is -3.84. The van der Waals surface area contributed by atoms with Gasteiger partial charge in [0.2, 0.25) is 10.0 Å². The zero-order chi connectivity index (χ0) is 18.2. The predicted octanol–water partition coefficient (Wildman–Crippen LogP) is 2.27. The standard InChI is InChI=1S/C17H21NO5S2/c1-13-5-6-17(10-14(13)2)25(21,22)18(11-16-4-3-8-23-16)15-7-9-24(19,20)12-15/h3-6,8,10,15H,7,9,11-12H2,1-2H3/t15-/m1/s1. The van der Waals surface area contributed by atoms with Gasteiger partial charge < -0.3 is 4.42 Å². The lowest BCUT2D eigenvalue weighted by atomic mass is 10.1. The second-order valence-corrected chi connectivity index (χ2v) is 10.6. The largest absolute Gasteiger partial charge is 0.468 e. The Morgan fingerprint density at radius 2 is 1.96 bits per heavy atom. The minimum absolute atomic E-state index is 0.00870. The number of hydrogen-bond acceptors (Lipinski definition) is 5. The monoisotopic (exact) mass is 383 g/mol. The first kappa shape index (κ1) is 18.2. The fourth-order valence-electron chi connectivity index (χ4n) is 2.98. The van der Waals surface area contributed by atoms with Crippen LogP contribution in [0.5, 0.6) is 0 Å². The number of nitrogens with zero attached hydrogens (tertiary/aromatic N) is 1. The van der Waals surface area contributed by atoms with Gasteiger partial charge in [0.05, 0.1) is 29.2 Å². The molecule has 0 saturated carbocycles. The van der Waals surface area contributed by atoms with E-state index in [0.717, 1.165) is 11.1 Å². The van der Waals surface area contributed by atoms with Crippen LogP contribution in [-0.2, 0) is 26.4 Å². The van der Waals surface area contributed by atoms with Crippen LogP contribution in [-0.4, -0.2) is 38.7 Å². The molecule has 0 aliphatic carbocycles. The Morgan fingerprint density at radius 3 is 2.52 bits per heavy atom. The maximum atomic E-state index is 13.2. The van der Waals surface area contributed by atoms with Crippen molar-refractivity contribution in [3.05, 3.63) is 53.5 Å². The van der Waals surface area contributed by atoms with Gasteiger partial charge in [0.15, 0.2) is 9.84 Å². The maximum Gasteiger partial charge on any atom is 0.243 e. The van der Waals surface area contributed by atoms with Crippen LogP contribution in [0.15, 0.2) is 45.9 Å². The third kappa shape index (κ3) is 3.80. The average molecular weight is 383 g/mol. The van der Waals surface area contributed by atoms with Gasteiger partial charge >= 0.3 is 0 Å². The van der Waals surface area contributed by atoms with Gasteiger partial charge in [-0.3, -0.25) is 0 Å². The Labute approximate surface area is 148 Å². The summed E-state index contributed by atoms with van der Waals surface area (Å²) in [5.74, 6) is 0.337. The SMILES string of the molecule is Cc1ccc(S(=O)(=O)N(Cc2ccco2)[C@@H]2CCS(=O)(=O)C2)cc1C. The van der Waals surface area contributed by atoms with E-state index < -0.39 is 25.9 Å². The number of sulfone groups is 1. The normalized spacial score (nSPS) is 20.2. The molecule has 0 radical (unpaired) electrons. The molecule has 8 heteroatoms. The first-order valence-electron chi connectivity index (χ1n) is 8.01. The number of sulfonamides is 1.